The topological polar surface area (TPSA) is 40.5 Å². The minimum Gasteiger partial charge on any atom is -0.376 e. The van der Waals surface area contributed by atoms with Crippen LogP contribution in [0, 0.1) is 3.57 Å². The summed E-state index contributed by atoms with van der Waals surface area (Å²) in [5, 5.41) is 26.7. The van der Waals surface area contributed by atoms with Crippen molar-refractivity contribution in [3.63, 3.8) is 0 Å². The van der Waals surface area contributed by atoms with Crippen molar-refractivity contribution in [1.82, 2.24) is 0 Å². The Hall–Kier alpha value is -1.99. The van der Waals surface area contributed by atoms with Crippen molar-refractivity contribution in [2.75, 3.05) is 0 Å². The molecule has 54 heavy (non-hydrogen) atoms. The van der Waals surface area contributed by atoms with Gasteiger partial charge in [0, 0.05) is 19.2 Å². The Morgan fingerprint density at radius 1 is 0.444 bits per heavy atom. The van der Waals surface area contributed by atoms with E-state index in [4.69, 9.17) is 0 Å². The fourth-order valence-corrected chi connectivity index (χ4v) is 9.59. The SMILES string of the molecule is CCCCCCCCCCCCc1cc2c(cc1CCCCCCCCCCCC)C(O)(c1ccccc1)c1cc(I)c(Br)cc1C2(O)c1ccccc1. The molecule has 0 saturated carbocycles. The third-order valence-corrected chi connectivity index (χ3v) is 14.2. The molecule has 4 aromatic rings. The van der Waals surface area contributed by atoms with E-state index in [2.05, 4.69) is 70.6 Å². The van der Waals surface area contributed by atoms with Gasteiger partial charge in [0.2, 0.25) is 0 Å². The average Bonchev–Trinajstić information content (AvgIpc) is 3.20. The third kappa shape index (κ3) is 10.7. The summed E-state index contributed by atoms with van der Waals surface area (Å²) in [7, 11) is 0. The molecule has 0 saturated heterocycles. The molecule has 0 aliphatic heterocycles. The maximum absolute atomic E-state index is 13.3. The molecule has 292 valence electrons. The van der Waals surface area contributed by atoms with Gasteiger partial charge in [-0.1, -0.05) is 202 Å². The van der Waals surface area contributed by atoms with E-state index in [1.807, 2.05) is 66.7 Å². The molecule has 2 nitrogen and oxygen atoms in total. The molecule has 2 atom stereocenters. The number of halogens is 2. The molecule has 0 aromatic heterocycles. The second-order valence-electron chi connectivity index (χ2n) is 16.0. The number of hydrogen-bond acceptors (Lipinski definition) is 2. The first-order valence-corrected chi connectivity index (χ1v) is 23.4. The molecule has 0 radical (unpaired) electrons. The van der Waals surface area contributed by atoms with E-state index in [9.17, 15) is 10.2 Å². The molecular formula is C50H66BrIO2. The Labute approximate surface area is 350 Å². The molecule has 0 amide bonds. The lowest BCUT2D eigenvalue weighted by molar-refractivity contribution is 0.0744. The fraction of sp³-hybridized carbons (Fsp3) is 0.520. The highest BCUT2D eigenvalue weighted by Crippen LogP contribution is 2.55. The van der Waals surface area contributed by atoms with Gasteiger partial charge >= 0.3 is 0 Å². The van der Waals surface area contributed by atoms with Crippen LogP contribution in [0.4, 0.5) is 0 Å². The van der Waals surface area contributed by atoms with Crippen LogP contribution in [0.5, 0.6) is 0 Å². The number of rotatable bonds is 24. The lowest BCUT2D eigenvalue weighted by atomic mass is 9.62. The number of aryl methyl sites for hydroxylation is 2. The summed E-state index contributed by atoms with van der Waals surface area (Å²) in [6.07, 6.45) is 28.3. The minimum atomic E-state index is -1.43. The van der Waals surface area contributed by atoms with Crippen molar-refractivity contribution >= 4 is 38.5 Å². The van der Waals surface area contributed by atoms with Gasteiger partial charge in [-0.2, -0.15) is 0 Å². The Bertz CT molecular complexity index is 1580. The molecule has 4 heteroatoms. The monoisotopic (exact) mass is 904 g/mol. The summed E-state index contributed by atoms with van der Waals surface area (Å²) in [6, 6.07) is 28.9. The first-order chi connectivity index (χ1) is 26.3. The summed E-state index contributed by atoms with van der Waals surface area (Å²) in [5.41, 5.74) is 4.55. The van der Waals surface area contributed by atoms with Gasteiger partial charge in [-0.05, 0) is 110 Å². The minimum absolute atomic E-state index is 0.729. The van der Waals surface area contributed by atoms with Gasteiger partial charge in [-0.3, -0.25) is 0 Å². The largest absolute Gasteiger partial charge is 0.376 e. The van der Waals surface area contributed by atoms with Gasteiger partial charge < -0.3 is 10.2 Å². The number of unbranched alkanes of at least 4 members (excludes halogenated alkanes) is 18. The summed E-state index contributed by atoms with van der Waals surface area (Å²) >= 11 is 6.14. The van der Waals surface area contributed by atoms with E-state index in [0.717, 1.165) is 67.1 Å². The zero-order valence-electron chi connectivity index (χ0n) is 33.3. The van der Waals surface area contributed by atoms with Crippen LogP contribution in [0.1, 0.15) is 187 Å². The van der Waals surface area contributed by atoms with Crippen molar-refractivity contribution in [3.05, 3.63) is 137 Å². The van der Waals surface area contributed by atoms with Crippen LogP contribution in [-0.2, 0) is 24.0 Å². The highest BCUT2D eigenvalue weighted by molar-refractivity contribution is 14.1. The highest BCUT2D eigenvalue weighted by Gasteiger charge is 2.51. The van der Waals surface area contributed by atoms with Crippen molar-refractivity contribution in [2.24, 2.45) is 0 Å². The molecule has 1 aliphatic rings. The lowest BCUT2D eigenvalue weighted by Gasteiger charge is -2.46. The van der Waals surface area contributed by atoms with Crippen LogP contribution in [0.15, 0.2) is 89.4 Å². The number of benzene rings is 4. The number of fused-ring (bicyclic) bond motifs is 2. The summed E-state index contributed by atoms with van der Waals surface area (Å²) < 4.78 is 1.92. The first-order valence-electron chi connectivity index (χ1n) is 21.6. The summed E-state index contributed by atoms with van der Waals surface area (Å²) in [5.74, 6) is 0. The maximum Gasteiger partial charge on any atom is 0.141 e. The molecule has 2 unspecified atom stereocenters. The van der Waals surface area contributed by atoms with Crippen molar-refractivity contribution < 1.29 is 10.2 Å². The van der Waals surface area contributed by atoms with Gasteiger partial charge in [0.25, 0.3) is 0 Å². The first kappa shape index (κ1) is 43.1. The summed E-state index contributed by atoms with van der Waals surface area (Å²) in [6.45, 7) is 4.57. The molecule has 0 spiro atoms. The molecule has 0 heterocycles. The van der Waals surface area contributed by atoms with E-state index in [0.29, 0.717) is 0 Å². The predicted octanol–water partition coefficient (Wildman–Crippen LogP) is 14.9. The van der Waals surface area contributed by atoms with Crippen LogP contribution >= 0.6 is 38.5 Å². The van der Waals surface area contributed by atoms with Gasteiger partial charge in [0.1, 0.15) is 11.2 Å². The van der Waals surface area contributed by atoms with Crippen LogP contribution in [0.2, 0.25) is 0 Å². The van der Waals surface area contributed by atoms with Crippen molar-refractivity contribution in [3.8, 4) is 0 Å². The van der Waals surface area contributed by atoms with E-state index in [-0.39, 0.29) is 0 Å². The van der Waals surface area contributed by atoms with Crippen LogP contribution in [0.3, 0.4) is 0 Å². The smallest absolute Gasteiger partial charge is 0.141 e. The molecule has 2 N–H and O–H groups in total. The van der Waals surface area contributed by atoms with Gasteiger partial charge in [0.05, 0.1) is 0 Å². The van der Waals surface area contributed by atoms with Crippen LogP contribution in [0.25, 0.3) is 0 Å². The standard InChI is InChI=1S/C50H66BrIO2/c1-3-5-7-9-11-13-15-17-19-23-29-39-35-43-44(36-40(39)30-24-20-18-16-14-12-10-8-6-4-2)50(54,42-33-27-22-28-34-42)46-38-48(52)47(51)37-45(46)49(43,53)41-31-25-21-26-32-41/h21-22,25-28,31-38,53-54H,3-20,23-24,29-30H2,1-2H3. The predicted molar refractivity (Wildman–Crippen MR) is 241 cm³/mol. The highest BCUT2D eigenvalue weighted by atomic mass is 127. The Balaban J connectivity index is 1.48. The number of hydrogen-bond donors (Lipinski definition) is 2. The van der Waals surface area contributed by atoms with Crippen LogP contribution in [-0.4, -0.2) is 10.2 Å². The van der Waals surface area contributed by atoms with E-state index in [1.54, 1.807) is 0 Å². The van der Waals surface area contributed by atoms with Gasteiger partial charge in [-0.15, -0.1) is 0 Å². The van der Waals surface area contributed by atoms with Gasteiger partial charge in [0.15, 0.2) is 0 Å². The molecule has 1 aliphatic carbocycles. The average molecular weight is 906 g/mol. The van der Waals surface area contributed by atoms with E-state index < -0.39 is 11.2 Å². The van der Waals surface area contributed by atoms with Crippen LogP contribution < -0.4 is 0 Å². The Morgan fingerprint density at radius 3 is 1.13 bits per heavy atom. The second-order valence-corrected chi connectivity index (χ2v) is 18.0. The zero-order valence-corrected chi connectivity index (χ0v) is 37.0. The molecule has 0 fully saturated rings. The molecule has 5 rings (SSSR count). The zero-order chi connectivity index (χ0) is 38.2. The Kier molecular flexibility index (Phi) is 17.6. The second kappa shape index (κ2) is 22.1. The van der Waals surface area contributed by atoms with E-state index in [1.165, 1.54) is 127 Å². The quantitative estimate of drug-likeness (QED) is 0.0543. The summed E-state index contributed by atoms with van der Waals surface area (Å²) in [4.78, 5) is 0. The fourth-order valence-electron chi connectivity index (χ4n) is 8.78. The molecule has 0 bridgehead atoms. The third-order valence-electron chi connectivity index (χ3n) is 11.9. The molecule has 4 aromatic carbocycles. The molecular weight excluding hydrogens is 839 g/mol. The Morgan fingerprint density at radius 2 is 0.759 bits per heavy atom. The lowest BCUT2D eigenvalue weighted by Crippen LogP contribution is -2.44. The van der Waals surface area contributed by atoms with E-state index >= 15 is 0 Å². The van der Waals surface area contributed by atoms with Crippen molar-refractivity contribution in [2.45, 2.75) is 166 Å². The number of aliphatic hydroxyl groups is 2. The van der Waals surface area contributed by atoms with Gasteiger partial charge in [-0.25, -0.2) is 0 Å². The normalized spacial score (nSPS) is 17.7. The maximum atomic E-state index is 13.3. The van der Waals surface area contributed by atoms with Crippen molar-refractivity contribution in [1.29, 1.82) is 0 Å².